The zero-order valence-corrected chi connectivity index (χ0v) is 10.0. The molecule has 1 saturated carbocycles. The van der Waals surface area contributed by atoms with Crippen LogP contribution in [0.2, 0.25) is 0 Å². The van der Waals surface area contributed by atoms with Gasteiger partial charge in [0.25, 0.3) is 0 Å². The van der Waals surface area contributed by atoms with Crippen LogP contribution in [0.4, 0.5) is 0 Å². The lowest BCUT2D eigenvalue weighted by Crippen LogP contribution is -2.41. The fourth-order valence-corrected chi connectivity index (χ4v) is 2.25. The maximum Gasteiger partial charge on any atom is 0.339 e. The van der Waals surface area contributed by atoms with Crippen molar-refractivity contribution in [1.29, 1.82) is 0 Å². The molecule has 0 saturated heterocycles. The first-order chi connectivity index (χ1) is 8.68. The number of hydrogen-bond acceptors (Lipinski definition) is 5. The lowest BCUT2D eigenvalue weighted by atomic mass is 9.92. The molecule has 1 aliphatic rings. The molecule has 2 atom stereocenters. The number of hydrogen-bond donors (Lipinski definition) is 3. The van der Waals surface area contributed by atoms with Crippen LogP contribution in [-0.4, -0.2) is 38.3 Å². The van der Waals surface area contributed by atoms with E-state index in [1.807, 2.05) is 0 Å². The largest absolute Gasteiger partial charge is 0.478 e. The van der Waals surface area contributed by atoms with E-state index in [2.05, 4.69) is 15.3 Å². The van der Waals surface area contributed by atoms with E-state index >= 15 is 0 Å². The van der Waals surface area contributed by atoms with E-state index in [0.717, 1.165) is 25.7 Å². The molecule has 1 aromatic rings. The van der Waals surface area contributed by atoms with Gasteiger partial charge in [0, 0.05) is 18.8 Å². The van der Waals surface area contributed by atoms with Crippen LogP contribution in [0.5, 0.6) is 0 Å². The Kier molecular flexibility index (Phi) is 4.22. The summed E-state index contributed by atoms with van der Waals surface area (Å²) in [4.78, 5) is 18.7. The summed E-state index contributed by atoms with van der Waals surface area (Å²) in [5.74, 6) is -1.03. The van der Waals surface area contributed by atoms with Crippen LogP contribution >= 0.6 is 0 Å². The Labute approximate surface area is 105 Å². The van der Waals surface area contributed by atoms with Crippen LogP contribution in [-0.2, 0) is 6.54 Å². The third-order valence-corrected chi connectivity index (χ3v) is 3.29. The average Bonchev–Trinajstić information content (AvgIpc) is 2.38. The van der Waals surface area contributed by atoms with Crippen LogP contribution in [0.3, 0.4) is 0 Å². The highest BCUT2D eigenvalue weighted by Crippen LogP contribution is 2.18. The van der Waals surface area contributed by atoms with Crippen molar-refractivity contribution in [2.45, 2.75) is 44.4 Å². The predicted octanol–water partition coefficient (Wildman–Crippen LogP) is 0.568. The molecule has 6 nitrogen and oxygen atoms in total. The number of aliphatic hydroxyl groups excluding tert-OH is 1. The molecule has 0 aromatic carbocycles. The zero-order valence-electron chi connectivity index (χ0n) is 10.0. The Hall–Kier alpha value is -1.53. The normalized spacial score (nSPS) is 23.8. The molecular formula is C12H17N3O3. The molecular weight excluding hydrogens is 234 g/mol. The van der Waals surface area contributed by atoms with Crippen LogP contribution in [0.15, 0.2) is 12.5 Å². The Bertz CT molecular complexity index is 425. The molecule has 0 radical (unpaired) electrons. The molecule has 1 aromatic heterocycles. The molecule has 2 unspecified atom stereocenters. The minimum Gasteiger partial charge on any atom is -0.478 e. The van der Waals surface area contributed by atoms with Crippen LogP contribution in [0.1, 0.15) is 41.7 Å². The van der Waals surface area contributed by atoms with Gasteiger partial charge in [-0.25, -0.2) is 14.8 Å². The third kappa shape index (κ3) is 3.02. The number of aromatic nitrogens is 2. The molecule has 0 amide bonds. The summed E-state index contributed by atoms with van der Waals surface area (Å²) in [6.07, 6.45) is 6.12. The van der Waals surface area contributed by atoms with Crippen molar-refractivity contribution in [1.82, 2.24) is 15.3 Å². The second-order valence-corrected chi connectivity index (χ2v) is 4.53. The molecule has 0 aliphatic heterocycles. The number of nitrogens with one attached hydrogen (secondary N) is 1. The topological polar surface area (TPSA) is 95.3 Å². The Morgan fingerprint density at radius 3 is 2.94 bits per heavy atom. The average molecular weight is 251 g/mol. The van der Waals surface area contributed by atoms with E-state index in [-0.39, 0.29) is 17.7 Å². The molecule has 1 fully saturated rings. The number of carboxylic acids is 1. The summed E-state index contributed by atoms with van der Waals surface area (Å²) >= 11 is 0. The number of aromatic carboxylic acids is 1. The Balaban J connectivity index is 1.99. The van der Waals surface area contributed by atoms with E-state index in [9.17, 15) is 9.90 Å². The molecule has 0 spiro atoms. The lowest BCUT2D eigenvalue weighted by molar-refractivity contribution is 0.0693. The van der Waals surface area contributed by atoms with Gasteiger partial charge in [-0.3, -0.25) is 0 Å². The maximum atomic E-state index is 11.0. The second-order valence-electron chi connectivity index (χ2n) is 4.53. The van der Waals surface area contributed by atoms with Crippen molar-refractivity contribution in [2.24, 2.45) is 0 Å². The Morgan fingerprint density at radius 1 is 1.44 bits per heavy atom. The van der Waals surface area contributed by atoms with Gasteiger partial charge < -0.3 is 15.5 Å². The summed E-state index contributed by atoms with van der Waals surface area (Å²) in [6, 6.07) is 0.0235. The summed E-state index contributed by atoms with van der Waals surface area (Å²) in [6.45, 7) is 0.339. The fourth-order valence-electron chi connectivity index (χ4n) is 2.25. The highest BCUT2D eigenvalue weighted by Gasteiger charge is 2.23. The van der Waals surface area contributed by atoms with Gasteiger partial charge >= 0.3 is 5.97 Å². The van der Waals surface area contributed by atoms with Crippen LogP contribution in [0, 0.1) is 0 Å². The van der Waals surface area contributed by atoms with Crippen LogP contribution in [0.25, 0.3) is 0 Å². The minimum absolute atomic E-state index is 0.0235. The summed E-state index contributed by atoms with van der Waals surface area (Å²) in [5.41, 5.74) is 0.561. The van der Waals surface area contributed by atoms with Crippen molar-refractivity contribution in [3.63, 3.8) is 0 Å². The lowest BCUT2D eigenvalue weighted by Gasteiger charge is -2.28. The first kappa shape index (κ1) is 12.9. The second kappa shape index (κ2) is 5.88. The SMILES string of the molecule is O=C(O)c1cncnc1CNC1CCCCC1O. The third-order valence-electron chi connectivity index (χ3n) is 3.29. The van der Waals surface area contributed by atoms with Gasteiger partial charge in [0.05, 0.1) is 11.8 Å². The minimum atomic E-state index is -1.03. The highest BCUT2D eigenvalue weighted by molar-refractivity contribution is 5.88. The molecule has 2 rings (SSSR count). The summed E-state index contributed by atoms with van der Waals surface area (Å²) in [7, 11) is 0. The monoisotopic (exact) mass is 251 g/mol. The molecule has 0 bridgehead atoms. The van der Waals surface area contributed by atoms with Gasteiger partial charge in [-0.1, -0.05) is 12.8 Å². The van der Waals surface area contributed by atoms with Gasteiger partial charge in [-0.2, -0.15) is 0 Å². The van der Waals surface area contributed by atoms with Crippen molar-refractivity contribution in [2.75, 3.05) is 0 Å². The van der Waals surface area contributed by atoms with Crippen LogP contribution < -0.4 is 5.32 Å². The number of rotatable bonds is 4. The van der Waals surface area contributed by atoms with Crippen molar-refractivity contribution < 1.29 is 15.0 Å². The quantitative estimate of drug-likeness (QED) is 0.724. The van der Waals surface area contributed by atoms with Gasteiger partial charge in [0.1, 0.15) is 11.9 Å². The molecule has 1 aliphatic carbocycles. The molecule has 98 valence electrons. The number of nitrogens with zero attached hydrogens (tertiary/aromatic N) is 2. The van der Waals surface area contributed by atoms with Gasteiger partial charge in [-0.05, 0) is 12.8 Å². The number of aliphatic hydroxyl groups is 1. The highest BCUT2D eigenvalue weighted by atomic mass is 16.4. The predicted molar refractivity (Wildman–Crippen MR) is 64.1 cm³/mol. The molecule has 6 heteroatoms. The summed E-state index contributed by atoms with van der Waals surface area (Å²) < 4.78 is 0. The summed E-state index contributed by atoms with van der Waals surface area (Å²) in [5, 5.41) is 22.0. The van der Waals surface area contributed by atoms with Crippen molar-refractivity contribution in [3.8, 4) is 0 Å². The zero-order chi connectivity index (χ0) is 13.0. The molecule has 18 heavy (non-hydrogen) atoms. The van der Waals surface area contributed by atoms with E-state index in [1.165, 1.54) is 12.5 Å². The molecule has 3 N–H and O–H groups in total. The fraction of sp³-hybridized carbons (Fsp3) is 0.583. The van der Waals surface area contributed by atoms with Gasteiger partial charge in [-0.15, -0.1) is 0 Å². The first-order valence-corrected chi connectivity index (χ1v) is 6.12. The first-order valence-electron chi connectivity index (χ1n) is 6.12. The van der Waals surface area contributed by atoms with Crippen molar-refractivity contribution in [3.05, 3.63) is 23.8 Å². The van der Waals surface area contributed by atoms with E-state index in [0.29, 0.717) is 12.2 Å². The standard InChI is InChI=1S/C12H17N3O3/c16-11-4-2-1-3-9(11)14-6-10-8(12(17)18)5-13-7-15-10/h5,7,9,11,14,16H,1-4,6H2,(H,17,18). The van der Waals surface area contributed by atoms with Gasteiger partial charge in [0.15, 0.2) is 0 Å². The smallest absolute Gasteiger partial charge is 0.339 e. The number of carbonyl (C=O) groups is 1. The van der Waals surface area contributed by atoms with E-state index in [1.54, 1.807) is 0 Å². The maximum absolute atomic E-state index is 11.0. The van der Waals surface area contributed by atoms with Gasteiger partial charge in [0.2, 0.25) is 0 Å². The molecule has 1 heterocycles. The van der Waals surface area contributed by atoms with E-state index in [4.69, 9.17) is 5.11 Å². The van der Waals surface area contributed by atoms with E-state index < -0.39 is 5.97 Å². The number of carboxylic acid groups (broad SMARTS) is 1. The van der Waals surface area contributed by atoms with Crippen molar-refractivity contribution >= 4 is 5.97 Å². The Morgan fingerprint density at radius 2 is 2.22 bits per heavy atom.